The Morgan fingerprint density at radius 3 is 1.57 bits per heavy atom. The number of imidazole rings is 2. The van der Waals surface area contributed by atoms with Crippen LogP contribution in [-0.4, -0.2) is 92.1 Å². The molecule has 0 spiro atoms. The van der Waals surface area contributed by atoms with Gasteiger partial charge in [-0.3, -0.25) is 9.59 Å². The van der Waals surface area contributed by atoms with E-state index in [2.05, 4.69) is 100 Å². The summed E-state index contributed by atoms with van der Waals surface area (Å²) >= 11 is 0. The normalized spacial score (nSPS) is 30.9. The lowest BCUT2D eigenvalue weighted by Crippen LogP contribution is -2.63. The van der Waals surface area contributed by atoms with Crippen LogP contribution in [0.4, 0.5) is 9.59 Å². The Bertz CT molecular complexity index is 2840. The van der Waals surface area contributed by atoms with E-state index in [9.17, 15) is 19.2 Å². The van der Waals surface area contributed by atoms with Gasteiger partial charge in [-0.2, -0.15) is 0 Å². The zero-order valence-corrected chi connectivity index (χ0v) is 40.6. The number of carbonyl (C=O) groups is 4. The number of rotatable bonds is 7. The fourth-order valence-electron chi connectivity index (χ4n) is 14.6. The van der Waals surface area contributed by atoms with E-state index in [1.807, 2.05) is 17.3 Å². The third-order valence-electron chi connectivity index (χ3n) is 18.1. The maximum absolute atomic E-state index is 14.4. The number of H-pyrrole nitrogens is 2. The number of benzene rings is 3. The van der Waals surface area contributed by atoms with Crippen LogP contribution in [0.1, 0.15) is 111 Å². The fraction of sp³-hybridized carbons (Fsp3) is 0.500. The lowest BCUT2D eigenvalue weighted by atomic mass is 9.68. The van der Waals surface area contributed by atoms with Gasteiger partial charge in [0, 0.05) is 17.6 Å². The Balaban J connectivity index is 0.842. The third-order valence-corrected chi connectivity index (χ3v) is 18.1. The Labute approximate surface area is 409 Å². The molecule has 4 aliphatic heterocycles. The molecular weight excluding hydrogens is 881 g/mol. The number of aromatic nitrogens is 4. The van der Waals surface area contributed by atoms with E-state index in [0.29, 0.717) is 23.7 Å². The van der Waals surface area contributed by atoms with Crippen LogP contribution in [0.15, 0.2) is 73.1 Å². The highest BCUT2D eigenvalue weighted by atomic mass is 16.5. The molecule has 6 aliphatic carbocycles. The van der Waals surface area contributed by atoms with Crippen molar-refractivity contribution in [2.45, 2.75) is 127 Å². The number of nitrogens with zero attached hydrogens (tertiary/aromatic N) is 4. The highest BCUT2D eigenvalue weighted by Crippen LogP contribution is 2.55. The van der Waals surface area contributed by atoms with Crippen LogP contribution in [0.25, 0.3) is 33.6 Å². The van der Waals surface area contributed by atoms with E-state index in [1.165, 1.54) is 42.0 Å². The summed E-state index contributed by atoms with van der Waals surface area (Å²) in [6.07, 6.45) is 14.4. The lowest BCUT2D eigenvalue weighted by Gasteiger charge is -2.49. The van der Waals surface area contributed by atoms with Crippen LogP contribution < -0.4 is 10.6 Å². The first kappa shape index (κ1) is 44.7. The first-order valence-corrected chi connectivity index (χ1v) is 25.8. The van der Waals surface area contributed by atoms with E-state index in [0.717, 1.165) is 117 Å². The zero-order chi connectivity index (χ0) is 47.9. The standard InChI is InChI=1S/C56H64N8O6/c1-29-39-9-5-7-37-25-45(63(49(37)39)53(65)47(29)61-55(67)69-3)51-57-27-43(59-51)34-21-19-33(20-22-34)41-23-36-18-16-32-13-11-31(12-14-32)15-17-35(41)24-42(36)44-28-58-52(60-44)46-26-38-8-6-10-40-30(2)48(62-56(68)70-4)54(66)64(46)50(38)40/h11-14,19-24,27-30,37-40,45-50H,5-10,15-18,25-26H2,1-4H3,(H,57,59)(H,58,60)(H,61,67)(H,62,68)/t29?,30?,37?,38?,39?,40?,45-,46-,47-,48-,49?,50?/m0/s1. The topological polar surface area (TPSA) is 175 Å². The Kier molecular flexibility index (Phi) is 11.3. The molecule has 12 atom stereocenters. The summed E-state index contributed by atoms with van der Waals surface area (Å²) in [6.45, 7) is 4.21. The average Bonchev–Trinajstić information content (AvgIpc) is 4.22. The van der Waals surface area contributed by atoms with E-state index in [1.54, 1.807) is 0 Å². The molecule has 4 N–H and O–H groups in total. The van der Waals surface area contributed by atoms with Crippen molar-refractivity contribution in [3.8, 4) is 33.6 Å². The molecule has 5 aromatic rings. The van der Waals surface area contributed by atoms with Crippen LogP contribution >= 0.6 is 0 Å². The summed E-state index contributed by atoms with van der Waals surface area (Å²) < 4.78 is 9.90. The lowest BCUT2D eigenvalue weighted by molar-refractivity contribution is -0.148. The quantitative estimate of drug-likeness (QED) is 0.125. The second kappa shape index (κ2) is 17.8. The third kappa shape index (κ3) is 7.49. The molecule has 4 amide bonds. The number of aryl methyl sites for hydroxylation is 4. The first-order valence-electron chi connectivity index (χ1n) is 25.8. The van der Waals surface area contributed by atoms with Crippen molar-refractivity contribution in [2.75, 3.05) is 14.2 Å². The van der Waals surface area contributed by atoms with Gasteiger partial charge in [0.2, 0.25) is 11.8 Å². The Morgan fingerprint density at radius 2 is 1.06 bits per heavy atom. The van der Waals surface area contributed by atoms with Crippen LogP contribution in [0.3, 0.4) is 0 Å². The van der Waals surface area contributed by atoms with Crippen molar-refractivity contribution >= 4 is 24.0 Å². The van der Waals surface area contributed by atoms with E-state index < -0.39 is 24.3 Å². The monoisotopic (exact) mass is 944 g/mol. The molecule has 2 aromatic heterocycles. The van der Waals surface area contributed by atoms with Gasteiger partial charge in [0.25, 0.3) is 0 Å². The summed E-state index contributed by atoms with van der Waals surface area (Å²) in [5, 5.41) is 5.76. The van der Waals surface area contributed by atoms with Crippen molar-refractivity contribution in [2.24, 2.45) is 35.5 Å². The number of alkyl carbamates (subject to hydrolysis) is 2. The van der Waals surface area contributed by atoms with Gasteiger partial charge in [0.05, 0.1) is 50.1 Å². The van der Waals surface area contributed by atoms with Gasteiger partial charge in [-0.25, -0.2) is 19.6 Å². The summed E-state index contributed by atoms with van der Waals surface area (Å²) in [5.41, 5.74) is 11.5. The second-order valence-electron chi connectivity index (χ2n) is 21.6. The van der Waals surface area contributed by atoms with Crippen molar-refractivity contribution in [3.63, 3.8) is 0 Å². The summed E-state index contributed by atoms with van der Waals surface area (Å²) in [6, 6.07) is 21.2. The van der Waals surface area contributed by atoms with Crippen LogP contribution in [0.2, 0.25) is 0 Å². The summed E-state index contributed by atoms with van der Waals surface area (Å²) in [5.74, 6) is 2.99. The van der Waals surface area contributed by atoms with Gasteiger partial charge in [-0.05, 0) is 145 Å². The maximum Gasteiger partial charge on any atom is 0.407 e. The fourth-order valence-corrected chi connectivity index (χ4v) is 14.6. The SMILES string of the molecule is COC(=O)N[C@@H]1C(=O)N2C3C(CCCC3C1C)C[C@H]2c1ncc(-c2ccc(-c3cc4c(-c5cnc([C@@H]6CC7CCCC8C(C)[C@H](NC(=O)OC)C(=O)N6C78)[nH]5)cc3CCc3ccc(cc3)CC4)cc2)[nH]1. The van der Waals surface area contributed by atoms with E-state index in [-0.39, 0.29) is 47.8 Å². The number of amides is 4. The molecule has 4 saturated heterocycles. The molecule has 14 heteroatoms. The molecule has 6 heterocycles. The van der Waals surface area contributed by atoms with Gasteiger partial charge in [0.1, 0.15) is 23.7 Å². The van der Waals surface area contributed by atoms with Crippen LogP contribution in [0.5, 0.6) is 0 Å². The van der Waals surface area contributed by atoms with E-state index >= 15 is 0 Å². The van der Waals surface area contributed by atoms with Gasteiger partial charge in [-0.15, -0.1) is 0 Å². The van der Waals surface area contributed by atoms with Crippen molar-refractivity contribution in [1.82, 2.24) is 40.4 Å². The number of ether oxygens (including phenoxy) is 2. The molecule has 364 valence electrons. The van der Waals surface area contributed by atoms with Gasteiger partial charge >= 0.3 is 12.2 Å². The number of nitrogens with one attached hydrogen (secondary N) is 4. The highest BCUT2D eigenvalue weighted by molar-refractivity contribution is 5.89. The molecule has 3 aromatic carbocycles. The minimum atomic E-state index is -0.634. The number of aromatic amines is 2. The summed E-state index contributed by atoms with van der Waals surface area (Å²) in [4.78, 5) is 75.0. The van der Waals surface area contributed by atoms with E-state index in [4.69, 9.17) is 19.4 Å². The van der Waals surface area contributed by atoms with Crippen molar-refractivity contribution in [1.29, 1.82) is 0 Å². The highest BCUT2D eigenvalue weighted by Gasteiger charge is 2.59. The molecule has 6 fully saturated rings. The predicted molar refractivity (Wildman–Crippen MR) is 263 cm³/mol. The van der Waals surface area contributed by atoms with Crippen molar-refractivity contribution in [3.05, 3.63) is 107 Å². The zero-order valence-electron chi connectivity index (χ0n) is 40.6. The molecule has 70 heavy (non-hydrogen) atoms. The predicted octanol–water partition coefficient (Wildman–Crippen LogP) is 8.88. The molecule has 10 aliphatic rings. The minimum Gasteiger partial charge on any atom is -0.453 e. The minimum absolute atomic E-state index is 0.0221. The molecule has 14 nitrogen and oxygen atoms in total. The second-order valence-corrected chi connectivity index (χ2v) is 21.6. The summed E-state index contributed by atoms with van der Waals surface area (Å²) in [7, 11) is 2.68. The number of hydrogen-bond donors (Lipinski definition) is 4. The first-order chi connectivity index (χ1) is 34.1. The number of piperidine rings is 2. The van der Waals surface area contributed by atoms with Gasteiger partial charge in [0.15, 0.2) is 0 Å². The molecule has 0 radical (unpaired) electrons. The number of hydrogen-bond acceptors (Lipinski definition) is 8. The largest absolute Gasteiger partial charge is 0.453 e. The molecule has 8 unspecified atom stereocenters. The maximum atomic E-state index is 14.4. The van der Waals surface area contributed by atoms with Gasteiger partial charge in [-0.1, -0.05) is 81.3 Å². The van der Waals surface area contributed by atoms with Gasteiger partial charge < -0.3 is 39.9 Å². The smallest absolute Gasteiger partial charge is 0.407 e. The number of carbonyl (C=O) groups excluding carboxylic acids is 4. The molecule has 4 bridgehead atoms. The van der Waals surface area contributed by atoms with Crippen LogP contribution in [-0.2, 0) is 44.7 Å². The van der Waals surface area contributed by atoms with Crippen molar-refractivity contribution < 1.29 is 28.7 Å². The average molecular weight is 945 g/mol. The van der Waals surface area contributed by atoms with Crippen LogP contribution in [0, 0.1) is 35.5 Å². The molecular formula is C56H64N8O6. The Hall–Kier alpha value is -6.44. The number of methoxy groups -OCH3 is 2. The Morgan fingerprint density at radius 1 is 0.600 bits per heavy atom. The molecule has 15 rings (SSSR count). The molecule has 2 saturated carbocycles.